The van der Waals surface area contributed by atoms with E-state index in [2.05, 4.69) is 0 Å². The zero-order valence-electron chi connectivity index (χ0n) is 23.4. The average Bonchev–Trinajstić information content (AvgIpc) is 3.00. The number of ether oxygens (including phenoxy) is 4. The number of hydrogen-bond donors (Lipinski definition) is 2. The van der Waals surface area contributed by atoms with Gasteiger partial charge in [-0.1, -0.05) is 24.3 Å². The van der Waals surface area contributed by atoms with Crippen LogP contribution in [-0.4, -0.2) is 67.1 Å². The highest BCUT2D eigenvalue weighted by Gasteiger charge is 2.26. The number of hydrogen-bond acceptors (Lipinski definition) is 8. The normalized spacial score (nSPS) is 13.0. The third kappa shape index (κ3) is 7.98. The summed E-state index contributed by atoms with van der Waals surface area (Å²) in [6.07, 6.45) is -0.368. The standard InChI is InChI=1S/C31H36N4O6/c1-3-38-29(33)24-9-11-26(12-10-24)41-28-18-25(30(36)34-13-15-35(16-14-34)31(37)39-4-2)17-27(19-28)40-21-23-7-5-22(20-32)6-8-23/h5-12,17-19,33H,3-4,13-16,20-21,32H2,1-2H3. The fraction of sp³-hybridized carbons (Fsp3) is 0.323. The van der Waals surface area contributed by atoms with Gasteiger partial charge in [0.15, 0.2) is 0 Å². The summed E-state index contributed by atoms with van der Waals surface area (Å²) in [6.45, 7) is 6.65. The maximum absolute atomic E-state index is 13.5. The molecule has 0 bridgehead atoms. The highest BCUT2D eigenvalue weighted by molar-refractivity contribution is 5.95. The number of nitrogens with zero attached hydrogens (tertiary/aromatic N) is 2. The zero-order valence-corrected chi connectivity index (χ0v) is 23.4. The van der Waals surface area contributed by atoms with Gasteiger partial charge in [-0.2, -0.15) is 0 Å². The summed E-state index contributed by atoms with van der Waals surface area (Å²) in [5.41, 5.74) is 8.74. The molecular weight excluding hydrogens is 524 g/mol. The van der Waals surface area contributed by atoms with Crippen LogP contribution in [0, 0.1) is 5.41 Å². The maximum atomic E-state index is 13.5. The van der Waals surface area contributed by atoms with Gasteiger partial charge in [0, 0.05) is 49.9 Å². The second kappa shape index (κ2) is 14.2. The van der Waals surface area contributed by atoms with Crippen LogP contribution in [0.3, 0.4) is 0 Å². The summed E-state index contributed by atoms with van der Waals surface area (Å²) in [6, 6.07) is 19.9. The minimum Gasteiger partial charge on any atom is -0.489 e. The Bertz CT molecular complexity index is 1340. The molecule has 0 aliphatic carbocycles. The van der Waals surface area contributed by atoms with Gasteiger partial charge < -0.3 is 34.5 Å². The molecule has 2 amide bonds. The molecule has 1 aliphatic rings. The van der Waals surface area contributed by atoms with Crippen LogP contribution < -0.4 is 15.2 Å². The SMILES string of the molecule is CCOC(=N)c1ccc(Oc2cc(OCc3ccc(CN)cc3)cc(C(=O)N3CCN(C(=O)OCC)CC3)c2)cc1. The Balaban J connectivity index is 1.52. The highest BCUT2D eigenvalue weighted by atomic mass is 16.6. The van der Waals surface area contributed by atoms with Gasteiger partial charge in [-0.3, -0.25) is 10.2 Å². The molecule has 41 heavy (non-hydrogen) atoms. The zero-order chi connectivity index (χ0) is 29.2. The van der Waals surface area contributed by atoms with E-state index in [9.17, 15) is 9.59 Å². The number of nitrogens with one attached hydrogen (secondary N) is 1. The van der Waals surface area contributed by atoms with Crippen molar-refractivity contribution >= 4 is 17.9 Å². The molecule has 0 atom stereocenters. The number of carbonyl (C=O) groups is 2. The monoisotopic (exact) mass is 560 g/mol. The van der Waals surface area contributed by atoms with Crippen molar-refractivity contribution in [3.63, 3.8) is 0 Å². The number of piperazine rings is 1. The van der Waals surface area contributed by atoms with Gasteiger partial charge in [0.2, 0.25) is 5.90 Å². The van der Waals surface area contributed by atoms with Gasteiger partial charge in [-0.15, -0.1) is 0 Å². The Morgan fingerprint density at radius 2 is 1.37 bits per heavy atom. The fourth-order valence-corrected chi connectivity index (χ4v) is 4.30. The van der Waals surface area contributed by atoms with E-state index in [1.807, 2.05) is 31.2 Å². The molecule has 216 valence electrons. The van der Waals surface area contributed by atoms with Crippen molar-refractivity contribution in [1.29, 1.82) is 5.41 Å². The molecule has 0 aromatic heterocycles. The van der Waals surface area contributed by atoms with E-state index >= 15 is 0 Å². The molecule has 0 spiro atoms. The van der Waals surface area contributed by atoms with E-state index in [0.717, 1.165) is 11.1 Å². The lowest BCUT2D eigenvalue weighted by atomic mass is 10.1. The molecule has 0 radical (unpaired) electrons. The molecule has 1 fully saturated rings. The molecular formula is C31H36N4O6. The van der Waals surface area contributed by atoms with E-state index in [-0.39, 0.29) is 17.9 Å². The van der Waals surface area contributed by atoms with E-state index in [4.69, 9.17) is 30.1 Å². The van der Waals surface area contributed by atoms with Crippen LogP contribution in [0.1, 0.15) is 40.9 Å². The fourth-order valence-electron chi connectivity index (χ4n) is 4.30. The highest BCUT2D eigenvalue weighted by Crippen LogP contribution is 2.29. The lowest BCUT2D eigenvalue weighted by Gasteiger charge is -2.34. The lowest BCUT2D eigenvalue weighted by Crippen LogP contribution is -2.50. The largest absolute Gasteiger partial charge is 0.489 e. The second-order valence-corrected chi connectivity index (χ2v) is 9.37. The first-order valence-corrected chi connectivity index (χ1v) is 13.7. The Hall–Kier alpha value is -4.57. The van der Waals surface area contributed by atoms with Gasteiger partial charge in [-0.25, -0.2) is 4.79 Å². The predicted molar refractivity (Wildman–Crippen MR) is 155 cm³/mol. The molecule has 3 N–H and O–H groups in total. The van der Waals surface area contributed by atoms with Gasteiger partial charge in [0.1, 0.15) is 23.9 Å². The summed E-state index contributed by atoms with van der Waals surface area (Å²) in [5.74, 6) is 1.35. The van der Waals surface area contributed by atoms with Crippen molar-refractivity contribution in [2.75, 3.05) is 39.4 Å². The van der Waals surface area contributed by atoms with Crippen molar-refractivity contribution in [3.05, 3.63) is 89.0 Å². The van der Waals surface area contributed by atoms with Crippen molar-refractivity contribution < 1.29 is 28.5 Å². The molecule has 0 unspecified atom stereocenters. The first-order chi connectivity index (χ1) is 19.9. The number of benzene rings is 3. The minimum atomic E-state index is -0.368. The Morgan fingerprint density at radius 1 is 0.756 bits per heavy atom. The molecule has 0 saturated carbocycles. The molecule has 1 aliphatic heterocycles. The van der Waals surface area contributed by atoms with Crippen LogP contribution in [0.25, 0.3) is 0 Å². The number of carbonyl (C=O) groups excluding carboxylic acids is 2. The molecule has 10 nitrogen and oxygen atoms in total. The Morgan fingerprint density at radius 3 is 2.00 bits per heavy atom. The number of rotatable bonds is 10. The third-order valence-corrected chi connectivity index (χ3v) is 6.52. The number of amides is 2. The van der Waals surface area contributed by atoms with Gasteiger partial charge in [0.25, 0.3) is 5.91 Å². The van der Waals surface area contributed by atoms with Crippen LogP contribution in [0.2, 0.25) is 0 Å². The first kappa shape index (κ1) is 29.4. The summed E-state index contributed by atoms with van der Waals surface area (Å²) in [4.78, 5) is 28.9. The van der Waals surface area contributed by atoms with E-state index < -0.39 is 0 Å². The molecule has 10 heteroatoms. The predicted octanol–water partition coefficient (Wildman–Crippen LogP) is 4.79. The van der Waals surface area contributed by atoms with Crippen LogP contribution in [0.5, 0.6) is 17.2 Å². The van der Waals surface area contributed by atoms with Crippen LogP contribution >= 0.6 is 0 Å². The third-order valence-electron chi connectivity index (χ3n) is 6.52. The molecule has 3 aromatic carbocycles. The van der Waals surface area contributed by atoms with Crippen molar-refractivity contribution in [3.8, 4) is 17.2 Å². The molecule has 4 rings (SSSR count). The summed E-state index contributed by atoms with van der Waals surface area (Å²) in [7, 11) is 0. The van der Waals surface area contributed by atoms with E-state index in [1.54, 1.807) is 59.2 Å². The number of nitrogens with two attached hydrogens (primary N) is 1. The minimum absolute atomic E-state index is 0.0879. The lowest BCUT2D eigenvalue weighted by molar-refractivity contribution is 0.0570. The Kier molecular flexibility index (Phi) is 10.2. The van der Waals surface area contributed by atoms with Crippen LogP contribution in [0.15, 0.2) is 66.7 Å². The molecule has 1 saturated heterocycles. The maximum Gasteiger partial charge on any atom is 0.409 e. The molecule has 1 heterocycles. The van der Waals surface area contributed by atoms with Gasteiger partial charge in [0.05, 0.1) is 13.2 Å². The van der Waals surface area contributed by atoms with Crippen LogP contribution in [0.4, 0.5) is 4.79 Å². The van der Waals surface area contributed by atoms with Crippen molar-refractivity contribution in [2.24, 2.45) is 5.73 Å². The first-order valence-electron chi connectivity index (χ1n) is 13.7. The summed E-state index contributed by atoms with van der Waals surface area (Å²) in [5, 5.41) is 7.96. The van der Waals surface area contributed by atoms with Crippen LogP contribution in [-0.2, 0) is 22.6 Å². The van der Waals surface area contributed by atoms with Gasteiger partial charge in [-0.05, 0) is 61.4 Å². The topological polar surface area (TPSA) is 127 Å². The second-order valence-electron chi connectivity index (χ2n) is 9.37. The van der Waals surface area contributed by atoms with Crippen molar-refractivity contribution in [1.82, 2.24) is 9.80 Å². The average molecular weight is 561 g/mol. The smallest absolute Gasteiger partial charge is 0.409 e. The van der Waals surface area contributed by atoms with Crippen molar-refractivity contribution in [2.45, 2.75) is 27.0 Å². The van der Waals surface area contributed by atoms with Gasteiger partial charge >= 0.3 is 6.09 Å². The summed E-state index contributed by atoms with van der Waals surface area (Å²) >= 11 is 0. The quantitative estimate of drug-likeness (QED) is 0.270. The Labute approximate surface area is 240 Å². The van der Waals surface area contributed by atoms with E-state index in [1.165, 1.54) is 0 Å². The van der Waals surface area contributed by atoms with E-state index in [0.29, 0.717) is 80.9 Å². The summed E-state index contributed by atoms with van der Waals surface area (Å²) < 4.78 is 22.5. The molecule has 3 aromatic rings.